The maximum atomic E-state index is 6.09. The average Bonchev–Trinajstić information content (AvgIpc) is 2.75. The Labute approximate surface area is 128 Å². The third-order valence-corrected chi connectivity index (χ3v) is 3.34. The third kappa shape index (κ3) is 2.54. The zero-order valence-corrected chi connectivity index (χ0v) is 12.6. The fourth-order valence-electron chi connectivity index (χ4n) is 2.33. The van der Waals surface area contributed by atoms with Crippen LogP contribution in [-0.4, -0.2) is 15.7 Å². The largest absolute Gasteiger partial charge is 0.489 e. The van der Waals surface area contributed by atoms with E-state index in [1.54, 1.807) is 0 Å². The summed E-state index contributed by atoms with van der Waals surface area (Å²) >= 11 is 6.07. The number of hydrogen-bond acceptors (Lipinski definition) is 3. The van der Waals surface area contributed by atoms with Crippen molar-refractivity contribution >= 4 is 28.6 Å². The van der Waals surface area contributed by atoms with Crippen LogP contribution in [0.25, 0.3) is 16.7 Å². The molecule has 0 atom stereocenters. The second-order valence-corrected chi connectivity index (χ2v) is 5.51. The van der Waals surface area contributed by atoms with Gasteiger partial charge in [-0.2, -0.15) is 0 Å². The van der Waals surface area contributed by atoms with Crippen LogP contribution in [0.1, 0.15) is 13.8 Å². The van der Waals surface area contributed by atoms with Gasteiger partial charge >= 0.3 is 0 Å². The highest BCUT2D eigenvalue weighted by Gasteiger charge is 2.14. The number of nitrogens with two attached hydrogens (primary N) is 1. The van der Waals surface area contributed by atoms with Crippen molar-refractivity contribution in [1.29, 1.82) is 0 Å². The number of ether oxygens (including phenoxy) is 1. The van der Waals surface area contributed by atoms with E-state index >= 15 is 0 Å². The van der Waals surface area contributed by atoms with Crippen LogP contribution in [0.5, 0.6) is 5.75 Å². The van der Waals surface area contributed by atoms with Gasteiger partial charge in [0.25, 0.3) is 0 Å². The van der Waals surface area contributed by atoms with E-state index in [-0.39, 0.29) is 6.10 Å². The Balaban J connectivity index is 2.23. The lowest BCUT2D eigenvalue weighted by molar-refractivity contribution is 0.245. The molecule has 0 aliphatic heterocycles. The minimum Gasteiger partial charge on any atom is -0.489 e. The van der Waals surface area contributed by atoms with Crippen molar-refractivity contribution < 1.29 is 4.74 Å². The topological polar surface area (TPSA) is 53.1 Å². The molecule has 21 heavy (non-hydrogen) atoms. The maximum Gasteiger partial charge on any atom is 0.206 e. The van der Waals surface area contributed by atoms with Crippen molar-refractivity contribution in [2.45, 2.75) is 20.0 Å². The van der Waals surface area contributed by atoms with E-state index < -0.39 is 0 Å². The summed E-state index contributed by atoms with van der Waals surface area (Å²) in [6, 6.07) is 13.3. The molecule has 0 aliphatic rings. The van der Waals surface area contributed by atoms with Crippen LogP contribution in [-0.2, 0) is 0 Å². The number of benzene rings is 2. The SMILES string of the molecule is CC(C)Oc1cccc2c1nc(N)n2-c1cccc(Cl)c1. The van der Waals surface area contributed by atoms with E-state index in [0.717, 1.165) is 22.5 Å². The van der Waals surface area contributed by atoms with Gasteiger partial charge < -0.3 is 10.5 Å². The number of imidazole rings is 1. The number of fused-ring (bicyclic) bond motifs is 1. The zero-order valence-electron chi connectivity index (χ0n) is 11.9. The summed E-state index contributed by atoms with van der Waals surface area (Å²) in [6.45, 7) is 3.96. The molecule has 108 valence electrons. The Bertz CT molecular complexity index is 795. The van der Waals surface area contributed by atoms with Gasteiger partial charge in [-0.15, -0.1) is 0 Å². The fourth-order valence-corrected chi connectivity index (χ4v) is 2.51. The second kappa shape index (κ2) is 5.30. The molecule has 0 unspecified atom stereocenters. The normalized spacial score (nSPS) is 11.2. The minimum absolute atomic E-state index is 0.0770. The molecule has 0 radical (unpaired) electrons. The Morgan fingerprint density at radius 2 is 1.95 bits per heavy atom. The molecule has 5 heteroatoms. The van der Waals surface area contributed by atoms with Crippen LogP contribution >= 0.6 is 11.6 Å². The van der Waals surface area contributed by atoms with E-state index in [2.05, 4.69) is 4.98 Å². The summed E-state index contributed by atoms with van der Waals surface area (Å²) in [4.78, 5) is 4.44. The number of hydrogen-bond donors (Lipinski definition) is 1. The number of aromatic nitrogens is 2. The van der Waals surface area contributed by atoms with Gasteiger partial charge in [0.2, 0.25) is 5.95 Å². The number of para-hydroxylation sites is 1. The molecule has 0 fully saturated rings. The Morgan fingerprint density at radius 3 is 2.67 bits per heavy atom. The van der Waals surface area contributed by atoms with Crippen molar-refractivity contribution in [3.05, 3.63) is 47.5 Å². The van der Waals surface area contributed by atoms with Gasteiger partial charge in [-0.3, -0.25) is 4.57 Å². The van der Waals surface area contributed by atoms with Gasteiger partial charge in [-0.1, -0.05) is 23.7 Å². The number of anilines is 1. The molecule has 4 nitrogen and oxygen atoms in total. The Morgan fingerprint density at radius 1 is 1.19 bits per heavy atom. The molecule has 0 amide bonds. The van der Waals surface area contributed by atoms with E-state index in [4.69, 9.17) is 22.1 Å². The van der Waals surface area contributed by atoms with Crippen molar-refractivity contribution in [1.82, 2.24) is 9.55 Å². The summed E-state index contributed by atoms with van der Waals surface area (Å²) in [5.74, 6) is 1.14. The molecule has 0 spiro atoms. The minimum atomic E-state index is 0.0770. The van der Waals surface area contributed by atoms with Crippen LogP contribution in [0.2, 0.25) is 5.02 Å². The molecular weight excluding hydrogens is 286 g/mol. The van der Waals surface area contributed by atoms with Crippen molar-refractivity contribution in [2.75, 3.05) is 5.73 Å². The van der Waals surface area contributed by atoms with E-state index in [1.165, 1.54) is 0 Å². The molecule has 0 saturated carbocycles. The zero-order chi connectivity index (χ0) is 15.0. The van der Waals surface area contributed by atoms with E-state index in [1.807, 2.05) is 60.9 Å². The predicted octanol–water partition coefficient (Wildman–Crippen LogP) is 4.05. The number of rotatable bonds is 3. The summed E-state index contributed by atoms with van der Waals surface area (Å²) in [7, 11) is 0. The first-order valence-corrected chi connectivity index (χ1v) is 7.13. The highest BCUT2D eigenvalue weighted by molar-refractivity contribution is 6.30. The maximum absolute atomic E-state index is 6.09. The highest BCUT2D eigenvalue weighted by Crippen LogP contribution is 2.30. The summed E-state index contributed by atoms with van der Waals surface area (Å²) in [6.07, 6.45) is 0.0770. The molecular formula is C16H16ClN3O. The standard InChI is InChI=1S/C16H16ClN3O/c1-10(2)21-14-8-4-7-13-15(14)19-16(18)20(13)12-6-3-5-11(17)9-12/h3-10H,1-2H3,(H2,18,19). The molecule has 2 aromatic carbocycles. The van der Waals surface area contributed by atoms with Gasteiger partial charge in [0, 0.05) is 5.02 Å². The third-order valence-electron chi connectivity index (χ3n) is 3.10. The average molecular weight is 302 g/mol. The number of nitrogens with zero attached hydrogens (tertiary/aromatic N) is 2. The first kappa shape index (κ1) is 13.8. The molecule has 1 heterocycles. The lowest BCUT2D eigenvalue weighted by Crippen LogP contribution is -2.05. The van der Waals surface area contributed by atoms with Crippen molar-refractivity contribution in [3.63, 3.8) is 0 Å². The summed E-state index contributed by atoms with van der Waals surface area (Å²) in [5, 5.41) is 0.656. The molecule has 0 bridgehead atoms. The smallest absolute Gasteiger partial charge is 0.206 e. The lowest BCUT2D eigenvalue weighted by Gasteiger charge is -2.10. The van der Waals surface area contributed by atoms with E-state index in [0.29, 0.717) is 11.0 Å². The first-order valence-electron chi connectivity index (χ1n) is 6.76. The summed E-state index contributed by atoms with van der Waals surface area (Å²) < 4.78 is 7.67. The molecule has 3 rings (SSSR count). The van der Waals surface area contributed by atoms with Gasteiger partial charge in [0.1, 0.15) is 11.3 Å². The van der Waals surface area contributed by atoms with Crippen LogP contribution in [0.3, 0.4) is 0 Å². The van der Waals surface area contributed by atoms with Crippen molar-refractivity contribution in [2.24, 2.45) is 0 Å². The van der Waals surface area contributed by atoms with Crippen LogP contribution in [0.4, 0.5) is 5.95 Å². The number of nitrogen functional groups attached to an aromatic ring is 1. The monoisotopic (exact) mass is 301 g/mol. The van der Waals surface area contributed by atoms with Gasteiger partial charge in [0.15, 0.2) is 0 Å². The van der Waals surface area contributed by atoms with Gasteiger partial charge in [-0.05, 0) is 44.2 Å². The second-order valence-electron chi connectivity index (χ2n) is 5.08. The molecule has 0 saturated heterocycles. The van der Waals surface area contributed by atoms with Gasteiger partial charge in [-0.25, -0.2) is 4.98 Å². The quantitative estimate of drug-likeness (QED) is 0.794. The van der Waals surface area contributed by atoms with Crippen molar-refractivity contribution in [3.8, 4) is 11.4 Å². The van der Waals surface area contributed by atoms with Crippen LogP contribution < -0.4 is 10.5 Å². The van der Waals surface area contributed by atoms with E-state index in [9.17, 15) is 0 Å². The molecule has 3 aromatic rings. The fraction of sp³-hybridized carbons (Fsp3) is 0.188. The first-order chi connectivity index (χ1) is 10.1. The highest BCUT2D eigenvalue weighted by atomic mass is 35.5. The molecule has 2 N–H and O–H groups in total. The molecule has 1 aromatic heterocycles. The van der Waals surface area contributed by atoms with Crippen LogP contribution in [0, 0.1) is 0 Å². The number of halogens is 1. The predicted molar refractivity (Wildman–Crippen MR) is 86.3 cm³/mol. The molecule has 0 aliphatic carbocycles. The lowest BCUT2D eigenvalue weighted by atomic mass is 10.2. The summed E-state index contributed by atoms with van der Waals surface area (Å²) in [5.41, 5.74) is 8.62. The van der Waals surface area contributed by atoms with Crippen LogP contribution in [0.15, 0.2) is 42.5 Å². The Hall–Kier alpha value is -2.20. The van der Waals surface area contributed by atoms with Gasteiger partial charge in [0.05, 0.1) is 17.3 Å². The Kier molecular flexibility index (Phi) is 3.47.